The first-order valence-electron chi connectivity index (χ1n) is 9.36. The molecular weight excluding hydrogens is 447 g/mol. The molecule has 1 amide bonds. The Bertz CT molecular complexity index is 1250. The predicted octanol–water partition coefficient (Wildman–Crippen LogP) is 1.09. The van der Waals surface area contributed by atoms with E-state index in [0.717, 1.165) is 18.1 Å². The summed E-state index contributed by atoms with van der Waals surface area (Å²) in [5.41, 5.74) is 1.05. The van der Waals surface area contributed by atoms with Crippen molar-refractivity contribution in [1.29, 1.82) is 0 Å². The molecule has 2 aliphatic heterocycles. The minimum atomic E-state index is -4.05. The Labute approximate surface area is 179 Å². The van der Waals surface area contributed by atoms with E-state index in [1.165, 1.54) is 29.2 Å². The van der Waals surface area contributed by atoms with Crippen molar-refractivity contribution in [3.05, 3.63) is 48.3 Å². The number of benzene rings is 2. The average molecular weight is 467 g/mol. The van der Waals surface area contributed by atoms with Crippen molar-refractivity contribution in [2.75, 3.05) is 42.1 Å². The van der Waals surface area contributed by atoms with Gasteiger partial charge in [-0.1, -0.05) is 0 Å². The molecule has 0 spiro atoms. The SMILES string of the molecule is O=C(CS(=O)(=O)c1ccc2c(c1)S(=O)(=O)N=CN2)N1CCN(c2ccc(F)cc2)CC1. The number of piperazine rings is 1. The number of hydrogen-bond acceptors (Lipinski definition) is 7. The van der Waals surface area contributed by atoms with Crippen molar-refractivity contribution in [3.63, 3.8) is 0 Å². The zero-order chi connectivity index (χ0) is 22.2. The molecule has 31 heavy (non-hydrogen) atoms. The summed E-state index contributed by atoms with van der Waals surface area (Å²) < 4.78 is 66.0. The van der Waals surface area contributed by atoms with E-state index in [2.05, 4.69) is 9.71 Å². The molecule has 0 unspecified atom stereocenters. The molecule has 0 radical (unpaired) electrons. The van der Waals surface area contributed by atoms with Gasteiger partial charge >= 0.3 is 0 Å². The number of sulfone groups is 1. The van der Waals surface area contributed by atoms with E-state index in [0.29, 0.717) is 26.2 Å². The quantitative estimate of drug-likeness (QED) is 0.717. The maximum atomic E-state index is 13.1. The summed E-state index contributed by atoms with van der Waals surface area (Å²) in [4.78, 5) is 15.5. The van der Waals surface area contributed by atoms with Crippen LogP contribution in [0, 0.1) is 5.82 Å². The minimum absolute atomic E-state index is 0.220. The molecule has 0 atom stereocenters. The van der Waals surface area contributed by atoms with Gasteiger partial charge in [-0.2, -0.15) is 8.42 Å². The van der Waals surface area contributed by atoms with Crippen molar-refractivity contribution in [2.45, 2.75) is 9.79 Å². The fraction of sp³-hybridized carbons (Fsp3) is 0.263. The standard InChI is InChI=1S/C19H19FN4O5S2/c20-14-1-3-15(4-2-14)23-7-9-24(10-8-23)19(25)12-30(26,27)16-5-6-17-18(11-16)31(28,29)22-13-21-17/h1-6,11,13H,7-10,12H2,(H,21,22). The number of rotatable bonds is 4. The normalized spacial score (nSPS) is 17.7. The second-order valence-electron chi connectivity index (χ2n) is 7.12. The molecule has 164 valence electrons. The average Bonchev–Trinajstić information content (AvgIpc) is 2.74. The first-order valence-corrected chi connectivity index (χ1v) is 12.5. The van der Waals surface area contributed by atoms with Gasteiger partial charge in [0.25, 0.3) is 10.0 Å². The minimum Gasteiger partial charge on any atom is -0.368 e. The molecule has 4 rings (SSSR count). The van der Waals surface area contributed by atoms with Gasteiger partial charge in [0.2, 0.25) is 5.91 Å². The highest BCUT2D eigenvalue weighted by Gasteiger charge is 2.29. The first kappa shape index (κ1) is 21.2. The van der Waals surface area contributed by atoms with Crippen LogP contribution in [0.15, 0.2) is 56.7 Å². The molecule has 2 aromatic carbocycles. The molecule has 0 aromatic heterocycles. The van der Waals surface area contributed by atoms with Gasteiger partial charge in [0, 0.05) is 31.9 Å². The van der Waals surface area contributed by atoms with Crippen LogP contribution in [0.2, 0.25) is 0 Å². The number of amides is 1. The van der Waals surface area contributed by atoms with Crippen LogP contribution in [0.1, 0.15) is 0 Å². The highest BCUT2D eigenvalue weighted by molar-refractivity contribution is 7.92. The highest BCUT2D eigenvalue weighted by atomic mass is 32.2. The molecule has 0 bridgehead atoms. The first-order chi connectivity index (χ1) is 14.7. The molecule has 2 heterocycles. The molecule has 9 nitrogen and oxygen atoms in total. The van der Waals surface area contributed by atoms with Crippen molar-refractivity contribution >= 4 is 43.5 Å². The van der Waals surface area contributed by atoms with Gasteiger partial charge in [0.05, 0.1) is 10.6 Å². The van der Waals surface area contributed by atoms with E-state index >= 15 is 0 Å². The molecule has 12 heteroatoms. The molecule has 1 N–H and O–H groups in total. The zero-order valence-corrected chi connectivity index (χ0v) is 17.9. The number of halogens is 1. The van der Waals surface area contributed by atoms with E-state index in [-0.39, 0.29) is 21.3 Å². The monoisotopic (exact) mass is 466 g/mol. The summed E-state index contributed by atoms with van der Waals surface area (Å²) in [7, 11) is -8.04. The smallest absolute Gasteiger partial charge is 0.285 e. The van der Waals surface area contributed by atoms with Gasteiger partial charge in [-0.05, 0) is 42.5 Å². The third-order valence-electron chi connectivity index (χ3n) is 5.14. The number of carbonyl (C=O) groups excluding carboxylic acids is 1. The number of sulfonamides is 1. The van der Waals surface area contributed by atoms with E-state index in [9.17, 15) is 26.0 Å². The number of carbonyl (C=O) groups is 1. The fourth-order valence-electron chi connectivity index (χ4n) is 3.45. The van der Waals surface area contributed by atoms with Crippen molar-refractivity contribution < 1.29 is 26.0 Å². The summed E-state index contributed by atoms with van der Waals surface area (Å²) in [6, 6.07) is 9.63. The summed E-state index contributed by atoms with van der Waals surface area (Å²) in [5.74, 6) is -1.66. The number of nitrogens with one attached hydrogen (secondary N) is 1. The Morgan fingerprint density at radius 2 is 1.74 bits per heavy atom. The van der Waals surface area contributed by atoms with Crippen LogP contribution in [-0.4, -0.2) is 65.9 Å². The van der Waals surface area contributed by atoms with Gasteiger partial charge in [-0.15, -0.1) is 4.40 Å². The molecule has 1 saturated heterocycles. The van der Waals surface area contributed by atoms with Crippen molar-refractivity contribution in [1.82, 2.24) is 4.90 Å². The second kappa shape index (κ2) is 7.93. The van der Waals surface area contributed by atoms with Crippen molar-refractivity contribution in [2.24, 2.45) is 4.40 Å². The summed E-state index contributed by atoms with van der Waals surface area (Å²) in [6.07, 6.45) is 1.01. The summed E-state index contributed by atoms with van der Waals surface area (Å²) in [5, 5.41) is 2.64. The lowest BCUT2D eigenvalue weighted by Crippen LogP contribution is -2.50. The fourth-order valence-corrected chi connectivity index (χ4v) is 5.76. The lowest BCUT2D eigenvalue weighted by Gasteiger charge is -2.36. The van der Waals surface area contributed by atoms with Crippen LogP contribution in [0.5, 0.6) is 0 Å². The van der Waals surface area contributed by atoms with Gasteiger partial charge < -0.3 is 15.1 Å². The number of anilines is 2. The number of hydrogen-bond donors (Lipinski definition) is 1. The number of fused-ring (bicyclic) bond motifs is 1. The molecule has 0 saturated carbocycles. The highest BCUT2D eigenvalue weighted by Crippen LogP contribution is 2.29. The second-order valence-corrected chi connectivity index (χ2v) is 10.7. The predicted molar refractivity (Wildman–Crippen MR) is 113 cm³/mol. The zero-order valence-electron chi connectivity index (χ0n) is 16.2. The summed E-state index contributed by atoms with van der Waals surface area (Å²) >= 11 is 0. The van der Waals surface area contributed by atoms with Gasteiger partial charge in [-0.3, -0.25) is 4.79 Å². The van der Waals surface area contributed by atoms with Crippen LogP contribution in [0.3, 0.4) is 0 Å². The molecule has 2 aromatic rings. The molecule has 0 aliphatic carbocycles. The Morgan fingerprint density at radius 1 is 1.06 bits per heavy atom. The third-order valence-corrected chi connectivity index (χ3v) is 8.01. The molecule has 1 fully saturated rings. The van der Waals surface area contributed by atoms with E-state index in [4.69, 9.17) is 0 Å². The lowest BCUT2D eigenvalue weighted by atomic mass is 10.2. The molecular formula is C19H19FN4O5S2. The third kappa shape index (κ3) is 4.39. The van der Waals surface area contributed by atoms with Crippen LogP contribution >= 0.6 is 0 Å². The van der Waals surface area contributed by atoms with E-state index < -0.39 is 31.5 Å². The van der Waals surface area contributed by atoms with Gasteiger partial charge in [0.15, 0.2) is 9.84 Å². The van der Waals surface area contributed by atoms with Crippen LogP contribution in [0.4, 0.5) is 15.8 Å². The Hall–Kier alpha value is -2.99. The van der Waals surface area contributed by atoms with Crippen molar-refractivity contribution in [3.8, 4) is 0 Å². The topological polar surface area (TPSA) is 116 Å². The van der Waals surface area contributed by atoms with E-state index in [1.54, 1.807) is 12.1 Å². The van der Waals surface area contributed by atoms with E-state index in [1.807, 2.05) is 4.90 Å². The van der Waals surface area contributed by atoms with Gasteiger partial charge in [-0.25, -0.2) is 12.8 Å². The Morgan fingerprint density at radius 3 is 2.42 bits per heavy atom. The van der Waals surface area contributed by atoms with Gasteiger partial charge in [0.1, 0.15) is 22.8 Å². The maximum Gasteiger partial charge on any atom is 0.285 e. The summed E-state index contributed by atoms with van der Waals surface area (Å²) in [6.45, 7) is 1.61. The maximum absolute atomic E-state index is 13.1. The lowest BCUT2D eigenvalue weighted by molar-refractivity contribution is -0.128. The molecule has 2 aliphatic rings. The Kier molecular flexibility index (Phi) is 5.43. The Balaban J connectivity index is 1.44. The van der Waals surface area contributed by atoms with Crippen LogP contribution in [-0.2, 0) is 24.7 Å². The van der Waals surface area contributed by atoms with Crippen LogP contribution < -0.4 is 10.2 Å². The number of nitrogens with zero attached hydrogens (tertiary/aromatic N) is 3. The largest absolute Gasteiger partial charge is 0.368 e. The van der Waals surface area contributed by atoms with Crippen LogP contribution in [0.25, 0.3) is 0 Å².